The number of aromatic nitrogens is 2. The average Bonchev–Trinajstić information content (AvgIpc) is 1.94. The Morgan fingerprint density at radius 3 is 2.73 bits per heavy atom. The van der Waals surface area contributed by atoms with Crippen molar-refractivity contribution in [2.24, 2.45) is 0 Å². The molecular formula is C6H8IN3O. The van der Waals surface area contributed by atoms with E-state index in [1.807, 2.05) is 36.7 Å². The molecule has 1 heterocycles. The van der Waals surface area contributed by atoms with Crippen LogP contribution in [-0.4, -0.2) is 24.1 Å². The summed E-state index contributed by atoms with van der Waals surface area (Å²) in [6.45, 7) is 0. The smallest absolute Gasteiger partial charge is 0.265 e. The van der Waals surface area contributed by atoms with E-state index in [0.29, 0.717) is 9.52 Å². The molecular weight excluding hydrogens is 257 g/mol. The van der Waals surface area contributed by atoms with Gasteiger partial charge >= 0.3 is 0 Å². The van der Waals surface area contributed by atoms with Crippen LogP contribution in [0.4, 0.5) is 5.95 Å². The first kappa shape index (κ1) is 8.51. The van der Waals surface area contributed by atoms with E-state index in [4.69, 9.17) is 0 Å². The van der Waals surface area contributed by atoms with Crippen LogP contribution in [0.25, 0.3) is 0 Å². The highest BCUT2D eigenvalue weighted by Crippen LogP contribution is 1.99. The van der Waals surface area contributed by atoms with Gasteiger partial charge in [0.15, 0.2) is 0 Å². The summed E-state index contributed by atoms with van der Waals surface area (Å²) in [6.07, 6.45) is 1.55. The Hall–Kier alpha value is -0.590. The van der Waals surface area contributed by atoms with Crippen molar-refractivity contribution in [2.75, 3.05) is 19.0 Å². The Labute approximate surface area is 77.8 Å². The number of hydrogen-bond acceptors (Lipinski definition) is 3. The Kier molecular flexibility index (Phi) is 2.48. The topological polar surface area (TPSA) is 49.0 Å². The molecule has 0 bridgehead atoms. The van der Waals surface area contributed by atoms with E-state index in [0.717, 1.165) is 0 Å². The molecule has 1 N–H and O–H groups in total. The first-order valence-electron chi connectivity index (χ1n) is 3.03. The molecule has 1 aromatic rings. The lowest BCUT2D eigenvalue weighted by Gasteiger charge is -2.08. The van der Waals surface area contributed by atoms with Gasteiger partial charge in [-0.1, -0.05) is 0 Å². The van der Waals surface area contributed by atoms with Crippen molar-refractivity contribution in [1.29, 1.82) is 0 Å². The lowest BCUT2D eigenvalue weighted by atomic mass is 10.6. The normalized spacial score (nSPS) is 9.73. The second kappa shape index (κ2) is 3.21. The molecule has 0 unspecified atom stereocenters. The molecule has 1 aromatic heterocycles. The second-order valence-electron chi connectivity index (χ2n) is 2.28. The third-order valence-electron chi connectivity index (χ3n) is 1.17. The molecule has 0 aliphatic heterocycles. The molecule has 0 amide bonds. The number of rotatable bonds is 1. The lowest BCUT2D eigenvalue weighted by molar-refractivity contribution is 0.973. The van der Waals surface area contributed by atoms with Gasteiger partial charge in [0.2, 0.25) is 5.95 Å². The third kappa shape index (κ3) is 1.92. The number of H-pyrrole nitrogens is 1. The number of aromatic amines is 1. The van der Waals surface area contributed by atoms with E-state index in [2.05, 4.69) is 9.97 Å². The number of halogens is 1. The number of anilines is 1. The van der Waals surface area contributed by atoms with E-state index in [9.17, 15) is 4.79 Å². The van der Waals surface area contributed by atoms with Crippen LogP contribution in [0.3, 0.4) is 0 Å². The van der Waals surface area contributed by atoms with Gasteiger partial charge in [-0.25, -0.2) is 4.98 Å². The van der Waals surface area contributed by atoms with Gasteiger partial charge in [0.1, 0.15) is 0 Å². The van der Waals surface area contributed by atoms with Gasteiger partial charge in [-0.2, -0.15) is 0 Å². The molecule has 0 radical (unpaired) electrons. The summed E-state index contributed by atoms with van der Waals surface area (Å²) in [5, 5.41) is 0. The first-order valence-corrected chi connectivity index (χ1v) is 4.11. The van der Waals surface area contributed by atoms with Crippen molar-refractivity contribution in [3.8, 4) is 0 Å². The van der Waals surface area contributed by atoms with E-state index in [-0.39, 0.29) is 5.56 Å². The summed E-state index contributed by atoms with van der Waals surface area (Å²) >= 11 is 1.94. The van der Waals surface area contributed by atoms with E-state index in [1.54, 1.807) is 11.1 Å². The quantitative estimate of drug-likeness (QED) is 0.749. The molecule has 0 atom stereocenters. The van der Waals surface area contributed by atoms with Crippen molar-refractivity contribution in [2.45, 2.75) is 0 Å². The fourth-order valence-electron chi connectivity index (χ4n) is 0.597. The van der Waals surface area contributed by atoms with E-state index in [1.165, 1.54) is 0 Å². The summed E-state index contributed by atoms with van der Waals surface area (Å²) in [5.74, 6) is 0.579. The van der Waals surface area contributed by atoms with E-state index >= 15 is 0 Å². The van der Waals surface area contributed by atoms with Crippen LogP contribution in [0, 0.1) is 3.57 Å². The predicted molar refractivity (Wildman–Crippen MR) is 51.9 cm³/mol. The largest absolute Gasteiger partial charge is 0.348 e. The minimum atomic E-state index is -0.0932. The molecule has 0 aromatic carbocycles. The van der Waals surface area contributed by atoms with Crippen LogP contribution in [-0.2, 0) is 0 Å². The summed E-state index contributed by atoms with van der Waals surface area (Å²) < 4.78 is 0.605. The highest BCUT2D eigenvalue weighted by molar-refractivity contribution is 14.1. The standard InChI is InChI=1S/C6H8IN3O/c1-10(2)6-8-3-4(7)5(11)9-6/h3H,1-2H3,(H,8,9,11). The Morgan fingerprint density at radius 1 is 1.64 bits per heavy atom. The monoisotopic (exact) mass is 265 g/mol. The maximum Gasteiger partial charge on any atom is 0.265 e. The molecule has 0 aliphatic rings. The fraction of sp³-hybridized carbons (Fsp3) is 0.333. The molecule has 0 saturated carbocycles. The maximum atomic E-state index is 11.0. The average molecular weight is 265 g/mol. The summed E-state index contributed by atoms with van der Waals surface area (Å²) in [6, 6.07) is 0. The third-order valence-corrected chi connectivity index (χ3v) is 1.93. The number of hydrogen-bond donors (Lipinski definition) is 1. The summed E-state index contributed by atoms with van der Waals surface area (Å²) in [4.78, 5) is 19.4. The first-order chi connectivity index (χ1) is 5.11. The van der Waals surface area contributed by atoms with Crippen molar-refractivity contribution in [3.63, 3.8) is 0 Å². The van der Waals surface area contributed by atoms with Gasteiger partial charge in [0.25, 0.3) is 5.56 Å². The van der Waals surface area contributed by atoms with Crippen LogP contribution in [0.15, 0.2) is 11.0 Å². The van der Waals surface area contributed by atoms with Crippen molar-refractivity contribution in [1.82, 2.24) is 9.97 Å². The SMILES string of the molecule is CN(C)c1ncc(I)c(=O)[nH]1. The van der Waals surface area contributed by atoms with Crippen molar-refractivity contribution < 1.29 is 0 Å². The van der Waals surface area contributed by atoms with Gasteiger partial charge in [0, 0.05) is 20.3 Å². The zero-order valence-electron chi connectivity index (χ0n) is 6.26. The molecule has 4 nitrogen and oxygen atoms in total. The second-order valence-corrected chi connectivity index (χ2v) is 3.44. The molecule has 0 fully saturated rings. The summed E-state index contributed by atoms with van der Waals surface area (Å²) in [5.41, 5.74) is -0.0932. The van der Waals surface area contributed by atoms with Gasteiger partial charge in [-0.05, 0) is 22.6 Å². The molecule has 5 heteroatoms. The molecule has 11 heavy (non-hydrogen) atoms. The Balaban J connectivity index is 3.16. The van der Waals surface area contributed by atoms with Gasteiger partial charge < -0.3 is 4.90 Å². The summed E-state index contributed by atoms with van der Waals surface area (Å²) in [7, 11) is 3.65. The van der Waals surface area contributed by atoms with Crippen LogP contribution in [0.5, 0.6) is 0 Å². The van der Waals surface area contributed by atoms with Crippen LogP contribution in [0.2, 0.25) is 0 Å². The predicted octanol–water partition coefficient (Wildman–Crippen LogP) is 0.440. The molecule has 1 rings (SSSR count). The molecule has 0 spiro atoms. The van der Waals surface area contributed by atoms with Gasteiger partial charge in [-0.3, -0.25) is 9.78 Å². The van der Waals surface area contributed by atoms with Gasteiger partial charge in [0.05, 0.1) is 3.57 Å². The number of nitrogens with zero attached hydrogens (tertiary/aromatic N) is 2. The Bertz CT molecular complexity index is 307. The molecule has 0 aliphatic carbocycles. The van der Waals surface area contributed by atoms with Crippen molar-refractivity contribution >= 4 is 28.5 Å². The highest BCUT2D eigenvalue weighted by atomic mass is 127. The number of nitrogens with one attached hydrogen (secondary N) is 1. The minimum Gasteiger partial charge on any atom is -0.348 e. The van der Waals surface area contributed by atoms with Crippen LogP contribution < -0.4 is 10.5 Å². The lowest BCUT2D eigenvalue weighted by Crippen LogP contribution is -2.19. The van der Waals surface area contributed by atoms with Crippen LogP contribution >= 0.6 is 22.6 Å². The maximum absolute atomic E-state index is 11.0. The zero-order valence-corrected chi connectivity index (χ0v) is 8.42. The zero-order chi connectivity index (χ0) is 8.43. The minimum absolute atomic E-state index is 0.0932. The van der Waals surface area contributed by atoms with Crippen molar-refractivity contribution in [3.05, 3.63) is 20.1 Å². The van der Waals surface area contributed by atoms with Crippen LogP contribution in [0.1, 0.15) is 0 Å². The molecule has 0 saturated heterocycles. The highest BCUT2D eigenvalue weighted by Gasteiger charge is 1.99. The Morgan fingerprint density at radius 2 is 2.27 bits per heavy atom. The van der Waals surface area contributed by atoms with E-state index < -0.39 is 0 Å². The fourth-order valence-corrected chi connectivity index (χ4v) is 0.871. The molecule has 60 valence electrons. The van der Waals surface area contributed by atoms with Gasteiger partial charge in [-0.15, -0.1) is 0 Å².